The summed E-state index contributed by atoms with van der Waals surface area (Å²) in [5.74, 6) is 3.65. The molecule has 3 aromatic rings. The average molecular weight is 510 g/mol. The van der Waals surface area contributed by atoms with Gasteiger partial charge in [0.1, 0.15) is 17.5 Å². The van der Waals surface area contributed by atoms with Crippen LogP contribution in [0.2, 0.25) is 0 Å². The summed E-state index contributed by atoms with van der Waals surface area (Å²) in [5.41, 5.74) is 4.16. The van der Waals surface area contributed by atoms with Gasteiger partial charge in [-0.25, -0.2) is 15.0 Å². The fourth-order valence-electron chi connectivity index (χ4n) is 5.75. The Morgan fingerprint density at radius 1 is 0.514 bits per heavy atom. The lowest BCUT2D eigenvalue weighted by molar-refractivity contribution is 0.262. The molecule has 0 aromatic carbocycles. The first kappa shape index (κ1) is 29.2. The van der Waals surface area contributed by atoms with E-state index in [2.05, 4.69) is 93.7 Å². The minimum atomic E-state index is 1.00. The summed E-state index contributed by atoms with van der Waals surface area (Å²) in [6.07, 6.45) is 16.1. The first-order valence-corrected chi connectivity index (χ1v) is 14.9. The Balaban J connectivity index is 1.58. The van der Waals surface area contributed by atoms with Crippen LogP contribution in [0.4, 0.5) is 0 Å². The van der Waals surface area contributed by atoms with E-state index in [4.69, 9.17) is 0 Å². The van der Waals surface area contributed by atoms with Crippen LogP contribution >= 0.6 is 0 Å². The van der Waals surface area contributed by atoms with Crippen LogP contribution in [0.1, 0.15) is 95.4 Å². The first-order valence-electron chi connectivity index (χ1n) is 14.9. The number of aromatic nitrogens is 6. The molecule has 3 aromatic heterocycles. The fraction of sp³-hybridized carbons (Fsp3) is 0.700. The number of hydrogen-bond acceptors (Lipinski definition) is 4. The molecule has 0 bridgehead atoms. The Kier molecular flexibility index (Phi) is 11.9. The van der Waals surface area contributed by atoms with Crippen molar-refractivity contribution in [3.8, 4) is 0 Å². The molecule has 37 heavy (non-hydrogen) atoms. The average Bonchev–Trinajstić information content (AvgIpc) is 3.63. The van der Waals surface area contributed by atoms with Crippen LogP contribution in [0, 0.1) is 0 Å². The van der Waals surface area contributed by atoms with Crippen molar-refractivity contribution < 1.29 is 0 Å². The van der Waals surface area contributed by atoms with Gasteiger partial charge in [-0.3, -0.25) is 0 Å². The SMILES string of the molecule is CCc1ncc(CCCN(CCCc2cnc(CC)n2CC)CCCc2cnc(CC)n2CC)n1CC. The van der Waals surface area contributed by atoms with Crippen molar-refractivity contribution in [2.45, 2.75) is 119 Å². The summed E-state index contributed by atoms with van der Waals surface area (Å²) in [4.78, 5) is 16.6. The molecule has 0 aliphatic carbocycles. The van der Waals surface area contributed by atoms with Crippen LogP contribution in [0.15, 0.2) is 18.6 Å². The highest BCUT2D eigenvalue weighted by atomic mass is 15.1. The largest absolute Gasteiger partial charge is 0.332 e. The molecule has 0 saturated heterocycles. The van der Waals surface area contributed by atoms with Gasteiger partial charge in [-0.15, -0.1) is 0 Å². The molecule has 0 radical (unpaired) electrons. The van der Waals surface area contributed by atoms with Crippen molar-refractivity contribution >= 4 is 0 Å². The minimum Gasteiger partial charge on any atom is -0.332 e. The number of imidazole rings is 3. The molecule has 0 aliphatic rings. The number of nitrogens with zero attached hydrogens (tertiary/aromatic N) is 7. The molecule has 0 unspecified atom stereocenters. The predicted molar refractivity (Wildman–Crippen MR) is 153 cm³/mol. The monoisotopic (exact) mass is 509 g/mol. The van der Waals surface area contributed by atoms with Crippen LogP contribution < -0.4 is 0 Å². The van der Waals surface area contributed by atoms with E-state index < -0.39 is 0 Å². The molecule has 0 aliphatic heterocycles. The minimum absolute atomic E-state index is 1.00. The maximum Gasteiger partial charge on any atom is 0.108 e. The molecule has 0 N–H and O–H groups in total. The van der Waals surface area contributed by atoms with Crippen LogP contribution in [-0.2, 0) is 58.2 Å². The third-order valence-electron chi connectivity index (χ3n) is 7.68. The van der Waals surface area contributed by atoms with Crippen LogP contribution in [0.5, 0.6) is 0 Å². The predicted octanol–water partition coefficient (Wildman–Crippen LogP) is 5.52. The Labute approximate surface area is 225 Å². The third-order valence-corrected chi connectivity index (χ3v) is 7.68. The molecule has 206 valence electrons. The number of hydrogen-bond donors (Lipinski definition) is 0. The summed E-state index contributed by atoms with van der Waals surface area (Å²) in [5, 5.41) is 0. The van der Waals surface area contributed by atoms with E-state index in [0.717, 1.165) is 77.8 Å². The summed E-state index contributed by atoms with van der Waals surface area (Å²) in [6.45, 7) is 19.7. The second kappa shape index (κ2) is 15.1. The van der Waals surface area contributed by atoms with Gasteiger partial charge in [-0.1, -0.05) is 20.8 Å². The van der Waals surface area contributed by atoms with E-state index in [-0.39, 0.29) is 0 Å². The summed E-state index contributed by atoms with van der Waals surface area (Å²) in [7, 11) is 0. The van der Waals surface area contributed by atoms with E-state index >= 15 is 0 Å². The summed E-state index contributed by atoms with van der Waals surface area (Å²) >= 11 is 0. The summed E-state index contributed by atoms with van der Waals surface area (Å²) in [6, 6.07) is 0. The molecular weight excluding hydrogens is 458 g/mol. The highest BCUT2D eigenvalue weighted by Gasteiger charge is 2.13. The lowest BCUT2D eigenvalue weighted by Gasteiger charge is -2.23. The van der Waals surface area contributed by atoms with Crippen LogP contribution in [0.25, 0.3) is 0 Å². The highest BCUT2D eigenvalue weighted by Crippen LogP contribution is 2.14. The molecule has 7 heteroatoms. The highest BCUT2D eigenvalue weighted by molar-refractivity contribution is 5.08. The Hall–Kier alpha value is -2.41. The molecule has 0 atom stereocenters. The lowest BCUT2D eigenvalue weighted by Crippen LogP contribution is -2.28. The van der Waals surface area contributed by atoms with Gasteiger partial charge in [-0.2, -0.15) is 0 Å². The number of rotatable bonds is 18. The van der Waals surface area contributed by atoms with Crippen molar-refractivity contribution in [1.82, 2.24) is 33.6 Å². The van der Waals surface area contributed by atoms with Crippen molar-refractivity contribution in [1.29, 1.82) is 0 Å². The second-order valence-corrected chi connectivity index (χ2v) is 9.94. The molecule has 0 fully saturated rings. The van der Waals surface area contributed by atoms with E-state index in [1.165, 1.54) is 53.8 Å². The Bertz CT molecular complexity index is 925. The standard InChI is InChI=1S/C30H51N7/c1-7-28-31-22-25(35(28)10-4)16-13-19-34(20-14-17-26-23-32-29(8-2)36(26)11-5)21-15-18-27-24-33-30(9-3)37(27)12-6/h22-24H,7-21H2,1-6H3. The van der Waals surface area contributed by atoms with Gasteiger partial charge in [0.2, 0.25) is 0 Å². The normalized spacial score (nSPS) is 11.8. The van der Waals surface area contributed by atoms with Crippen LogP contribution in [-0.4, -0.2) is 53.2 Å². The maximum atomic E-state index is 4.65. The fourth-order valence-corrected chi connectivity index (χ4v) is 5.75. The molecular formula is C30H51N7. The maximum absolute atomic E-state index is 4.65. The molecule has 3 rings (SSSR count). The van der Waals surface area contributed by atoms with E-state index in [1.54, 1.807) is 0 Å². The van der Waals surface area contributed by atoms with Crippen molar-refractivity contribution in [2.75, 3.05) is 19.6 Å². The Morgan fingerprint density at radius 3 is 1.05 bits per heavy atom. The zero-order valence-corrected chi connectivity index (χ0v) is 24.5. The number of aryl methyl sites for hydroxylation is 6. The van der Waals surface area contributed by atoms with Crippen molar-refractivity contribution in [2.24, 2.45) is 0 Å². The molecule has 7 nitrogen and oxygen atoms in total. The topological polar surface area (TPSA) is 56.7 Å². The zero-order valence-electron chi connectivity index (χ0n) is 24.5. The van der Waals surface area contributed by atoms with Crippen molar-refractivity contribution in [3.63, 3.8) is 0 Å². The second-order valence-electron chi connectivity index (χ2n) is 9.94. The molecule has 0 saturated carbocycles. The quantitative estimate of drug-likeness (QED) is 0.226. The van der Waals surface area contributed by atoms with Crippen LogP contribution in [0.3, 0.4) is 0 Å². The van der Waals surface area contributed by atoms with E-state index in [1.807, 2.05) is 0 Å². The zero-order chi connectivity index (χ0) is 26.6. The smallest absolute Gasteiger partial charge is 0.108 e. The van der Waals surface area contributed by atoms with E-state index in [9.17, 15) is 0 Å². The molecule has 0 amide bonds. The van der Waals surface area contributed by atoms with Gasteiger partial charge in [0.05, 0.1) is 0 Å². The van der Waals surface area contributed by atoms with Crippen molar-refractivity contribution in [3.05, 3.63) is 53.1 Å². The third kappa shape index (κ3) is 7.56. The van der Waals surface area contributed by atoms with Gasteiger partial charge in [0.15, 0.2) is 0 Å². The summed E-state index contributed by atoms with van der Waals surface area (Å²) < 4.78 is 7.20. The molecule has 3 heterocycles. The molecule has 0 spiro atoms. The Morgan fingerprint density at radius 2 is 0.811 bits per heavy atom. The van der Waals surface area contributed by atoms with Gasteiger partial charge in [-0.05, 0) is 78.9 Å². The van der Waals surface area contributed by atoms with Gasteiger partial charge < -0.3 is 18.6 Å². The van der Waals surface area contributed by atoms with E-state index in [0.29, 0.717) is 0 Å². The van der Waals surface area contributed by atoms with Gasteiger partial charge in [0, 0.05) is 74.6 Å². The lowest BCUT2D eigenvalue weighted by atomic mass is 10.1. The first-order chi connectivity index (χ1) is 18.1. The van der Waals surface area contributed by atoms with Gasteiger partial charge >= 0.3 is 0 Å². The van der Waals surface area contributed by atoms with Gasteiger partial charge in [0.25, 0.3) is 0 Å².